The van der Waals surface area contributed by atoms with Crippen molar-refractivity contribution in [2.45, 2.75) is 57.1 Å². The molecule has 0 aliphatic heterocycles. The lowest BCUT2D eigenvalue weighted by atomic mass is 10.1. The van der Waals surface area contributed by atoms with Gasteiger partial charge in [0.15, 0.2) is 11.5 Å². The van der Waals surface area contributed by atoms with Crippen molar-refractivity contribution in [1.29, 1.82) is 0 Å². The number of rotatable bonds is 14. The van der Waals surface area contributed by atoms with E-state index in [1.54, 1.807) is 55.5 Å². The summed E-state index contributed by atoms with van der Waals surface area (Å²) in [7, 11) is -1.43. The normalized spacial score (nSPS) is 12.6. The highest BCUT2D eigenvalue weighted by atomic mass is 35.5. The van der Waals surface area contributed by atoms with E-state index in [-0.39, 0.29) is 34.8 Å². The molecule has 1 N–H and O–H groups in total. The van der Waals surface area contributed by atoms with Crippen LogP contribution in [0.3, 0.4) is 0 Å². The monoisotopic (exact) mass is 649 g/mol. The standard InChI is InChI=1S/C31H37Cl2N3O6S/c1-6-21(3)34-31(38)27(7-2)35(19-22-13-15-25(32)26(33)17-22)30(37)20-36(23-11-9-8-10-12-23)43(39,40)24-14-16-28(41-4)29(18-24)42-5/h8-18,21,27H,6-7,19-20H2,1-5H3,(H,34,38)/t21-,27-/m1/s1. The van der Waals surface area contributed by atoms with Gasteiger partial charge in [-0.3, -0.25) is 13.9 Å². The second-order valence-corrected chi connectivity index (χ2v) is 12.6. The van der Waals surface area contributed by atoms with Crippen LogP contribution in [0.4, 0.5) is 5.69 Å². The highest BCUT2D eigenvalue weighted by Gasteiger charge is 2.34. The Morgan fingerprint density at radius 2 is 1.56 bits per heavy atom. The van der Waals surface area contributed by atoms with E-state index in [2.05, 4.69) is 5.32 Å². The maximum atomic E-state index is 14.2. The van der Waals surface area contributed by atoms with Gasteiger partial charge in [-0.2, -0.15) is 0 Å². The van der Waals surface area contributed by atoms with Gasteiger partial charge in [0, 0.05) is 18.7 Å². The number of sulfonamides is 1. The molecule has 0 fully saturated rings. The number of carbonyl (C=O) groups excluding carboxylic acids is 2. The molecule has 9 nitrogen and oxygen atoms in total. The zero-order chi connectivity index (χ0) is 31.7. The number of nitrogens with zero attached hydrogens (tertiary/aromatic N) is 2. The molecule has 0 spiro atoms. The molecule has 0 aliphatic rings. The minimum absolute atomic E-state index is 0.00118. The summed E-state index contributed by atoms with van der Waals surface area (Å²) < 4.78 is 39.8. The summed E-state index contributed by atoms with van der Waals surface area (Å²) in [5.74, 6) is -0.337. The SMILES string of the molecule is CC[C@@H](C)NC(=O)[C@@H](CC)N(Cc1ccc(Cl)c(Cl)c1)C(=O)CN(c1ccccc1)S(=O)(=O)c1ccc(OC)c(OC)c1. The molecular formula is C31H37Cl2N3O6S. The fraction of sp³-hybridized carbons (Fsp3) is 0.355. The summed E-state index contributed by atoms with van der Waals surface area (Å²) in [6.07, 6.45) is 0.997. The van der Waals surface area contributed by atoms with E-state index in [4.69, 9.17) is 32.7 Å². The third-order valence-electron chi connectivity index (χ3n) is 6.99. The smallest absolute Gasteiger partial charge is 0.264 e. The summed E-state index contributed by atoms with van der Waals surface area (Å²) in [4.78, 5) is 28.9. The number of hydrogen-bond acceptors (Lipinski definition) is 6. The maximum Gasteiger partial charge on any atom is 0.264 e. The predicted molar refractivity (Wildman–Crippen MR) is 170 cm³/mol. The van der Waals surface area contributed by atoms with Gasteiger partial charge in [0.2, 0.25) is 11.8 Å². The van der Waals surface area contributed by atoms with Crippen molar-refractivity contribution in [1.82, 2.24) is 10.2 Å². The average molecular weight is 651 g/mol. The molecule has 232 valence electrons. The summed E-state index contributed by atoms with van der Waals surface area (Å²) in [5, 5.41) is 3.59. The van der Waals surface area contributed by atoms with E-state index in [0.717, 1.165) is 4.31 Å². The lowest BCUT2D eigenvalue weighted by molar-refractivity contribution is -0.140. The summed E-state index contributed by atoms with van der Waals surface area (Å²) in [6, 6.07) is 16.5. The molecule has 12 heteroatoms. The second-order valence-electron chi connectivity index (χ2n) is 9.88. The number of para-hydroxylation sites is 1. The van der Waals surface area contributed by atoms with E-state index in [0.29, 0.717) is 34.2 Å². The van der Waals surface area contributed by atoms with E-state index in [1.165, 1.54) is 37.3 Å². The van der Waals surface area contributed by atoms with Crippen LogP contribution < -0.4 is 19.1 Å². The summed E-state index contributed by atoms with van der Waals surface area (Å²) in [6.45, 7) is 5.05. The fourth-order valence-corrected chi connectivity index (χ4v) is 6.17. The van der Waals surface area contributed by atoms with Crippen LogP contribution in [0.2, 0.25) is 10.0 Å². The number of hydrogen-bond donors (Lipinski definition) is 1. The van der Waals surface area contributed by atoms with Gasteiger partial charge in [-0.05, 0) is 61.7 Å². The minimum atomic E-state index is -4.29. The van der Waals surface area contributed by atoms with Gasteiger partial charge in [0.25, 0.3) is 10.0 Å². The van der Waals surface area contributed by atoms with Crippen molar-refractivity contribution in [3.63, 3.8) is 0 Å². The number of halogens is 2. The lowest BCUT2D eigenvalue weighted by Gasteiger charge is -2.33. The molecule has 0 unspecified atom stereocenters. The molecule has 0 saturated heterocycles. The molecule has 0 saturated carbocycles. The Hall–Kier alpha value is -3.47. The van der Waals surface area contributed by atoms with Crippen LogP contribution in [0.5, 0.6) is 11.5 Å². The van der Waals surface area contributed by atoms with Gasteiger partial charge in [-0.1, -0.05) is 61.3 Å². The van der Waals surface area contributed by atoms with Crippen LogP contribution in [0.1, 0.15) is 39.2 Å². The largest absolute Gasteiger partial charge is 0.493 e. The van der Waals surface area contributed by atoms with E-state index in [1.807, 2.05) is 13.8 Å². The van der Waals surface area contributed by atoms with Crippen LogP contribution in [0.25, 0.3) is 0 Å². The molecule has 2 atom stereocenters. The number of nitrogens with one attached hydrogen (secondary N) is 1. The molecule has 0 bridgehead atoms. The second kappa shape index (κ2) is 15.3. The van der Waals surface area contributed by atoms with Gasteiger partial charge in [-0.15, -0.1) is 0 Å². The Bertz CT molecular complexity index is 1520. The Kier molecular flexibility index (Phi) is 12.1. The third-order valence-corrected chi connectivity index (χ3v) is 9.50. The molecular weight excluding hydrogens is 613 g/mol. The summed E-state index contributed by atoms with van der Waals surface area (Å²) in [5.41, 5.74) is 0.906. The predicted octanol–water partition coefficient (Wildman–Crippen LogP) is 5.93. The van der Waals surface area contributed by atoms with Gasteiger partial charge in [-0.25, -0.2) is 8.42 Å². The Labute approximate surface area is 263 Å². The van der Waals surface area contributed by atoms with Crippen LogP contribution in [0.15, 0.2) is 71.6 Å². The Morgan fingerprint density at radius 3 is 2.14 bits per heavy atom. The average Bonchev–Trinajstić information content (AvgIpc) is 3.01. The number of methoxy groups -OCH3 is 2. The van der Waals surface area contributed by atoms with Crippen LogP contribution >= 0.6 is 23.2 Å². The number of benzene rings is 3. The molecule has 2 amide bonds. The minimum Gasteiger partial charge on any atom is -0.493 e. The lowest BCUT2D eigenvalue weighted by Crippen LogP contribution is -2.53. The Balaban J connectivity index is 2.09. The quantitative estimate of drug-likeness (QED) is 0.232. The van der Waals surface area contributed by atoms with Crippen molar-refractivity contribution in [3.05, 3.63) is 82.3 Å². The first kappa shape index (κ1) is 34.0. The van der Waals surface area contributed by atoms with Crippen molar-refractivity contribution in [2.75, 3.05) is 25.1 Å². The molecule has 0 heterocycles. The van der Waals surface area contributed by atoms with Crippen LogP contribution in [-0.4, -0.2) is 58.0 Å². The first-order valence-corrected chi connectivity index (χ1v) is 16.0. The highest BCUT2D eigenvalue weighted by Crippen LogP contribution is 2.32. The molecule has 0 aromatic heterocycles. The Morgan fingerprint density at radius 1 is 0.884 bits per heavy atom. The van der Waals surface area contributed by atoms with Crippen LogP contribution in [-0.2, 0) is 26.2 Å². The molecule has 0 aliphatic carbocycles. The van der Waals surface area contributed by atoms with Crippen molar-refractivity contribution < 1.29 is 27.5 Å². The van der Waals surface area contributed by atoms with Gasteiger partial charge >= 0.3 is 0 Å². The van der Waals surface area contributed by atoms with E-state index in [9.17, 15) is 18.0 Å². The number of ether oxygens (including phenoxy) is 2. The van der Waals surface area contributed by atoms with Gasteiger partial charge < -0.3 is 19.7 Å². The van der Waals surface area contributed by atoms with Crippen LogP contribution in [0, 0.1) is 0 Å². The third kappa shape index (κ3) is 8.34. The van der Waals surface area contributed by atoms with Gasteiger partial charge in [0.1, 0.15) is 12.6 Å². The van der Waals surface area contributed by atoms with E-state index >= 15 is 0 Å². The van der Waals surface area contributed by atoms with Crippen molar-refractivity contribution >= 4 is 50.7 Å². The van der Waals surface area contributed by atoms with Crippen molar-refractivity contribution in [2.24, 2.45) is 0 Å². The molecule has 43 heavy (non-hydrogen) atoms. The maximum absolute atomic E-state index is 14.2. The zero-order valence-corrected chi connectivity index (χ0v) is 27.2. The van der Waals surface area contributed by atoms with Crippen molar-refractivity contribution in [3.8, 4) is 11.5 Å². The zero-order valence-electron chi connectivity index (χ0n) is 24.8. The molecule has 0 radical (unpaired) electrons. The molecule has 3 aromatic rings. The first-order chi connectivity index (χ1) is 20.5. The number of carbonyl (C=O) groups is 2. The van der Waals surface area contributed by atoms with Gasteiger partial charge in [0.05, 0.1) is 34.8 Å². The number of amides is 2. The first-order valence-electron chi connectivity index (χ1n) is 13.8. The topological polar surface area (TPSA) is 105 Å². The highest BCUT2D eigenvalue weighted by molar-refractivity contribution is 7.92. The molecule has 3 aromatic carbocycles. The number of anilines is 1. The fourth-order valence-electron chi connectivity index (χ4n) is 4.42. The summed E-state index contributed by atoms with van der Waals surface area (Å²) >= 11 is 12.4. The van der Waals surface area contributed by atoms with E-state index < -0.39 is 28.5 Å². The molecule has 3 rings (SSSR count).